The maximum Gasteiger partial charge on any atom is 0.307 e. The zero-order chi connectivity index (χ0) is 16.8. The molecule has 0 unspecified atom stereocenters. The number of quaternary nitrogens is 1. The molecule has 5 nitrogen and oxygen atoms in total. The Balaban J connectivity index is 0.00000288. The zero-order valence-electron chi connectivity index (χ0n) is 13.4. The van der Waals surface area contributed by atoms with Crippen molar-refractivity contribution in [3.8, 4) is 0 Å². The molecule has 0 aliphatic carbocycles. The summed E-state index contributed by atoms with van der Waals surface area (Å²) in [5.74, 6) is -0.443. The fourth-order valence-electron chi connectivity index (χ4n) is 1.84. The Kier molecular flexibility index (Phi) is 8.93. The third-order valence-corrected chi connectivity index (χ3v) is 5.29. The summed E-state index contributed by atoms with van der Waals surface area (Å²) in [6.07, 6.45) is 1.99. The number of thioether (sulfide) groups is 1. The van der Waals surface area contributed by atoms with Gasteiger partial charge < -0.3 is 22.0 Å². The summed E-state index contributed by atoms with van der Waals surface area (Å²) in [6.45, 7) is 1.41. The first-order chi connectivity index (χ1) is 11.0. The van der Waals surface area contributed by atoms with Crippen molar-refractivity contribution in [3.05, 3.63) is 27.3 Å². The van der Waals surface area contributed by atoms with Gasteiger partial charge in [0.25, 0.3) is 5.91 Å². The van der Waals surface area contributed by atoms with E-state index < -0.39 is 0 Å². The van der Waals surface area contributed by atoms with Crippen LogP contribution in [0.4, 0.5) is 0 Å². The Labute approximate surface area is 161 Å². The van der Waals surface area contributed by atoms with E-state index in [9.17, 15) is 9.59 Å². The summed E-state index contributed by atoms with van der Waals surface area (Å²) in [5, 5.41) is 1.96. The average Bonchev–Trinajstić information content (AvgIpc) is 3.07. The van der Waals surface area contributed by atoms with Crippen LogP contribution in [-0.2, 0) is 14.3 Å². The van der Waals surface area contributed by atoms with Crippen molar-refractivity contribution >= 4 is 57.6 Å². The van der Waals surface area contributed by atoms with E-state index in [1.165, 1.54) is 21.6 Å². The molecule has 0 aromatic carbocycles. The highest BCUT2D eigenvalue weighted by Gasteiger charge is 2.32. The van der Waals surface area contributed by atoms with Crippen molar-refractivity contribution in [2.24, 2.45) is 0 Å². The fraction of sp³-hybridized carbons (Fsp3) is 0.400. The van der Waals surface area contributed by atoms with Crippen LogP contribution in [0, 0.1) is 0 Å². The molecule has 132 valence electrons. The van der Waals surface area contributed by atoms with Crippen LogP contribution in [0.2, 0.25) is 0 Å². The van der Waals surface area contributed by atoms with Gasteiger partial charge in [0.2, 0.25) is 0 Å². The first kappa shape index (κ1) is 21.1. The lowest BCUT2D eigenvalue weighted by molar-refractivity contribution is -0.858. The van der Waals surface area contributed by atoms with Gasteiger partial charge in [-0.05, 0) is 17.5 Å². The van der Waals surface area contributed by atoms with E-state index in [1.807, 2.05) is 37.7 Å². The number of hydrogen-bond acceptors (Lipinski definition) is 6. The monoisotopic (exact) mass is 406 g/mol. The third kappa shape index (κ3) is 6.18. The molecular formula is C15H19ClN2O3S3. The molecule has 1 aliphatic rings. The fourth-order valence-corrected chi connectivity index (χ4v) is 3.87. The number of rotatable bonds is 7. The van der Waals surface area contributed by atoms with E-state index >= 15 is 0 Å². The van der Waals surface area contributed by atoms with Crippen LogP contribution in [-0.4, -0.2) is 54.9 Å². The topological polar surface area (TPSA) is 51.1 Å². The third-order valence-electron chi connectivity index (χ3n) is 3.09. The second-order valence-electron chi connectivity index (χ2n) is 5.28. The minimum absolute atomic E-state index is 0. The van der Waals surface area contributed by atoms with Gasteiger partial charge in [-0.1, -0.05) is 30.0 Å². The van der Waals surface area contributed by atoms with Gasteiger partial charge in [0.1, 0.15) is 17.5 Å². The number of carbonyl (C=O) groups excluding carboxylic acids is 2. The van der Waals surface area contributed by atoms with Crippen molar-refractivity contribution in [2.75, 3.05) is 33.8 Å². The number of hydrogen-bond donors (Lipinski definition) is 1. The van der Waals surface area contributed by atoms with Gasteiger partial charge in [-0.3, -0.25) is 14.5 Å². The van der Waals surface area contributed by atoms with Crippen molar-refractivity contribution in [3.63, 3.8) is 0 Å². The second kappa shape index (κ2) is 10.1. The summed E-state index contributed by atoms with van der Waals surface area (Å²) < 4.78 is 5.62. The molecule has 2 rings (SSSR count). The van der Waals surface area contributed by atoms with Crippen LogP contribution in [0.25, 0.3) is 6.08 Å². The van der Waals surface area contributed by atoms with E-state index in [2.05, 4.69) is 0 Å². The van der Waals surface area contributed by atoms with E-state index in [1.54, 1.807) is 11.3 Å². The molecule has 1 fully saturated rings. The van der Waals surface area contributed by atoms with Crippen LogP contribution in [0.1, 0.15) is 11.3 Å². The molecular weight excluding hydrogens is 388 g/mol. The smallest absolute Gasteiger partial charge is 0.307 e. The highest BCUT2D eigenvalue weighted by molar-refractivity contribution is 8.26. The summed E-state index contributed by atoms with van der Waals surface area (Å²) in [7, 11) is 3.99. The van der Waals surface area contributed by atoms with E-state index in [-0.39, 0.29) is 37.2 Å². The van der Waals surface area contributed by atoms with Crippen LogP contribution in [0.5, 0.6) is 0 Å². The molecule has 24 heavy (non-hydrogen) atoms. The highest BCUT2D eigenvalue weighted by atomic mass is 35.5. The zero-order valence-corrected chi connectivity index (χ0v) is 16.6. The molecule has 1 saturated heterocycles. The van der Waals surface area contributed by atoms with Crippen molar-refractivity contribution in [1.29, 1.82) is 0 Å². The van der Waals surface area contributed by atoms with Crippen LogP contribution >= 0.6 is 35.3 Å². The Hall–Kier alpha value is -0.930. The van der Waals surface area contributed by atoms with E-state index in [0.29, 0.717) is 15.8 Å². The maximum atomic E-state index is 12.4. The molecule has 1 amide bonds. The van der Waals surface area contributed by atoms with Gasteiger partial charge in [-0.2, -0.15) is 0 Å². The van der Waals surface area contributed by atoms with Gasteiger partial charge in [0, 0.05) is 11.4 Å². The summed E-state index contributed by atoms with van der Waals surface area (Å²) in [5.41, 5.74) is 0. The number of nitrogens with one attached hydrogen (secondary N) is 1. The quantitative estimate of drug-likeness (QED) is 0.323. The Bertz CT molecular complexity index is 617. The summed E-state index contributed by atoms with van der Waals surface area (Å²) >= 11 is 8.08. The van der Waals surface area contributed by atoms with Gasteiger partial charge in [0.05, 0.1) is 25.4 Å². The number of carbonyl (C=O) groups is 2. The summed E-state index contributed by atoms with van der Waals surface area (Å²) in [6, 6.07) is 3.88. The Morgan fingerprint density at radius 1 is 1.46 bits per heavy atom. The molecule has 1 aromatic rings. The van der Waals surface area contributed by atoms with Crippen LogP contribution in [0.3, 0.4) is 0 Å². The Morgan fingerprint density at radius 2 is 2.21 bits per heavy atom. The van der Waals surface area contributed by atoms with Crippen molar-refractivity contribution in [1.82, 2.24) is 4.90 Å². The normalized spacial score (nSPS) is 16.0. The first-order valence-corrected chi connectivity index (χ1v) is 9.31. The first-order valence-electron chi connectivity index (χ1n) is 7.21. The van der Waals surface area contributed by atoms with Gasteiger partial charge in [0.15, 0.2) is 0 Å². The maximum absolute atomic E-state index is 12.4. The Morgan fingerprint density at radius 3 is 2.83 bits per heavy atom. The lowest BCUT2D eigenvalue weighted by Gasteiger charge is -2.14. The van der Waals surface area contributed by atoms with Gasteiger partial charge in [-0.15, -0.1) is 11.3 Å². The van der Waals surface area contributed by atoms with Crippen molar-refractivity contribution < 1.29 is 31.6 Å². The lowest BCUT2D eigenvalue weighted by Crippen LogP contribution is -3.06. The molecule has 9 heteroatoms. The molecule has 0 spiro atoms. The van der Waals surface area contributed by atoms with E-state index in [4.69, 9.17) is 17.0 Å². The van der Waals surface area contributed by atoms with Crippen LogP contribution < -0.4 is 17.3 Å². The van der Waals surface area contributed by atoms with Gasteiger partial charge >= 0.3 is 5.97 Å². The molecule has 0 atom stereocenters. The molecule has 0 radical (unpaired) electrons. The number of thiophene rings is 1. The number of thiocarbonyl (C=S) groups is 1. The highest BCUT2D eigenvalue weighted by Crippen LogP contribution is 2.33. The number of amides is 1. The minimum atomic E-state index is -0.303. The molecule has 1 aliphatic heterocycles. The summed E-state index contributed by atoms with van der Waals surface area (Å²) in [4.78, 5) is 28.4. The number of esters is 1. The minimum Gasteiger partial charge on any atom is -1.00 e. The van der Waals surface area contributed by atoms with Crippen LogP contribution in [0.15, 0.2) is 22.4 Å². The molecule has 2 heterocycles. The van der Waals surface area contributed by atoms with E-state index in [0.717, 1.165) is 11.4 Å². The molecule has 1 N–H and O–H groups in total. The standard InChI is InChI=1S/C15H18N2O3S3.ClH/c1-16(2)7-8-20-13(18)5-6-17-14(19)12(23-15(17)21)10-11-4-3-9-22-11;/h3-4,9-10H,5-8H2,1-2H3;1H/b12-10+;. The predicted molar refractivity (Wildman–Crippen MR) is 97.5 cm³/mol. The number of likely N-dealkylation sites (N-methyl/N-ethyl adjacent to an activating group) is 1. The predicted octanol–water partition coefficient (Wildman–Crippen LogP) is -1.97. The largest absolute Gasteiger partial charge is 1.00 e. The number of ether oxygens (including phenoxy) is 1. The SMILES string of the molecule is C[NH+](C)CCOC(=O)CCN1C(=O)/C(=C\c2cccs2)SC1=S.[Cl-]. The van der Waals surface area contributed by atoms with Gasteiger partial charge in [-0.25, -0.2) is 0 Å². The van der Waals surface area contributed by atoms with Crippen molar-refractivity contribution in [2.45, 2.75) is 6.42 Å². The molecule has 0 bridgehead atoms. The lowest BCUT2D eigenvalue weighted by atomic mass is 10.3. The average molecular weight is 407 g/mol. The number of halogens is 1. The number of nitrogens with zero attached hydrogens (tertiary/aromatic N) is 1. The molecule has 1 aromatic heterocycles. The molecule has 0 saturated carbocycles. The second-order valence-corrected chi connectivity index (χ2v) is 7.93.